The van der Waals surface area contributed by atoms with Crippen LogP contribution in [0.5, 0.6) is 5.75 Å². The van der Waals surface area contributed by atoms with Crippen molar-refractivity contribution in [3.63, 3.8) is 0 Å². The first-order chi connectivity index (χ1) is 13.1. The van der Waals surface area contributed by atoms with E-state index in [1.807, 2.05) is 31.2 Å². The Balaban J connectivity index is 1.73. The molecule has 3 rings (SSSR count). The summed E-state index contributed by atoms with van der Waals surface area (Å²) in [6, 6.07) is 7.42. The Morgan fingerprint density at radius 1 is 1.30 bits per heavy atom. The topological polar surface area (TPSA) is 75.5 Å². The molecule has 1 aliphatic heterocycles. The number of ether oxygens (including phenoxy) is 3. The van der Waals surface area contributed by atoms with E-state index in [9.17, 15) is 4.79 Å². The number of unbranched alkanes of at least 4 members (excludes halogenated alkanes) is 1. The highest BCUT2D eigenvalue weighted by Gasteiger charge is 2.41. The molecule has 0 bridgehead atoms. The van der Waals surface area contributed by atoms with E-state index in [0.29, 0.717) is 26.2 Å². The third-order valence-electron chi connectivity index (χ3n) is 4.78. The molecule has 1 atom stereocenters. The summed E-state index contributed by atoms with van der Waals surface area (Å²) in [6.07, 6.45) is 5.69. The zero-order valence-corrected chi connectivity index (χ0v) is 16.0. The van der Waals surface area contributed by atoms with Crippen LogP contribution in [0.3, 0.4) is 0 Å². The van der Waals surface area contributed by atoms with Gasteiger partial charge in [0.05, 0.1) is 25.2 Å². The van der Waals surface area contributed by atoms with Crippen LogP contribution in [0.4, 0.5) is 0 Å². The summed E-state index contributed by atoms with van der Waals surface area (Å²) in [5, 5.41) is 4.21. The number of carbonyl (C=O) groups excluding carboxylic acids is 1. The molecule has 1 aromatic heterocycles. The number of Topliss-reactive ketones (excluding diaryl/α,β-unsaturated/α-hetero) is 1. The fourth-order valence-electron chi connectivity index (χ4n) is 3.14. The van der Waals surface area contributed by atoms with Gasteiger partial charge in [-0.2, -0.15) is 5.10 Å². The van der Waals surface area contributed by atoms with Crippen LogP contribution in [-0.2, 0) is 20.7 Å². The van der Waals surface area contributed by atoms with Gasteiger partial charge in [0, 0.05) is 6.42 Å². The van der Waals surface area contributed by atoms with Gasteiger partial charge in [-0.3, -0.25) is 4.79 Å². The lowest BCUT2D eigenvalue weighted by molar-refractivity contribution is -0.174. The molecule has 1 unspecified atom stereocenters. The van der Waals surface area contributed by atoms with Crippen molar-refractivity contribution >= 4 is 5.78 Å². The quantitative estimate of drug-likeness (QED) is 0.629. The van der Waals surface area contributed by atoms with Gasteiger partial charge in [0.15, 0.2) is 5.78 Å². The number of rotatable bonds is 9. The maximum absolute atomic E-state index is 13.3. The molecule has 2 aromatic rings. The maximum Gasteiger partial charge on any atom is 0.168 e. The highest BCUT2D eigenvalue weighted by Crippen LogP contribution is 2.30. The molecule has 1 aromatic carbocycles. The molecule has 2 heterocycles. The van der Waals surface area contributed by atoms with Gasteiger partial charge < -0.3 is 14.2 Å². The Bertz CT molecular complexity index is 709. The number of hydrogen-bond donors (Lipinski definition) is 0. The van der Waals surface area contributed by atoms with Crippen molar-refractivity contribution < 1.29 is 19.0 Å². The molecule has 1 saturated heterocycles. The lowest BCUT2D eigenvalue weighted by atomic mass is 9.81. The first kappa shape index (κ1) is 19.5. The molecular formula is C20H27N3O4. The minimum atomic E-state index is -0.696. The first-order valence-electron chi connectivity index (χ1n) is 9.38. The van der Waals surface area contributed by atoms with Gasteiger partial charge in [-0.1, -0.05) is 25.5 Å². The number of benzene rings is 1. The lowest BCUT2D eigenvalue weighted by Gasteiger charge is -2.34. The summed E-state index contributed by atoms with van der Waals surface area (Å²) < 4.78 is 18.1. The summed E-state index contributed by atoms with van der Waals surface area (Å²) in [4.78, 5) is 17.3. The third-order valence-corrected chi connectivity index (χ3v) is 4.78. The Hall–Kier alpha value is -2.25. The Labute approximate surface area is 159 Å². The van der Waals surface area contributed by atoms with E-state index in [2.05, 4.69) is 17.0 Å². The zero-order chi connectivity index (χ0) is 19.1. The summed E-state index contributed by atoms with van der Waals surface area (Å²) >= 11 is 0. The molecule has 0 amide bonds. The SMILES string of the molecule is CCCCOc1ccc(CC(C(=O)C2(C)COCOC2)n2cncn2)cc1. The maximum atomic E-state index is 13.3. The Morgan fingerprint density at radius 2 is 2.04 bits per heavy atom. The van der Waals surface area contributed by atoms with Gasteiger partial charge in [0.1, 0.15) is 31.2 Å². The average Bonchev–Trinajstić information content (AvgIpc) is 3.22. The minimum absolute atomic E-state index is 0.0379. The van der Waals surface area contributed by atoms with Crippen molar-refractivity contribution in [1.82, 2.24) is 14.8 Å². The molecule has 0 aliphatic carbocycles. The van der Waals surface area contributed by atoms with Crippen molar-refractivity contribution in [2.45, 2.75) is 39.2 Å². The predicted molar refractivity (Wildman–Crippen MR) is 99.5 cm³/mol. The second-order valence-corrected chi connectivity index (χ2v) is 7.18. The Kier molecular flexibility index (Phi) is 6.58. The minimum Gasteiger partial charge on any atom is -0.494 e. The van der Waals surface area contributed by atoms with E-state index in [1.165, 1.54) is 6.33 Å². The number of hydrogen-bond acceptors (Lipinski definition) is 6. The molecule has 27 heavy (non-hydrogen) atoms. The highest BCUT2D eigenvalue weighted by molar-refractivity contribution is 5.88. The molecule has 0 spiro atoms. The number of carbonyl (C=O) groups is 1. The Morgan fingerprint density at radius 3 is 2.67 bits per heavy atom. The highest BCUT2D eigenvalue weighted by atomic mass is 16.7. The fourth-order valence-corrected chi connectivity index (χ4v) is 3.14. The summed E-state index contributed by atoms with van der Waals surface area (Å²) in [7, 11) is 0. The lowest BCUT2D eigenvalue weighted by Crippen LogP contribution is -2.45. The second kappa shape index (κ2) is 9.10. The van der Waals surface area contributed by atoms with Crippen molar-refractivity contribution in [3.05, 3.63) is 42.5 Å². The third kappa shape index (κ3) is 4.93. The van der Waals surface area contributed by atoms with E-state index in [0.717, 1.165) is 24.2 Å². The van der Waals surface area contributed by atoms with Crippen molar-refractivity contribution in [2.75, 3.05) is 26.6 Å². The molecule has 1 aliphatic rings. The van der Waals surface area contributed by atoms with Crippen LogP contribution in [0, 0.1) is 5.41 Å². The second-order valence-electron chi connectivity index (χ2n) is 7.18. The monoisotopic (exact) mass is 373 g/mol. The van der Waals surface area contributed by atoms with Crippen LogP contribution < -0.4 is 4.74 Å². The smallest absolute Gasteiger partial charge is 0.168 e. The van der Waals surface area contributed by atoms with E-state index < -0.39 is 11.5 Å². The van der Waals surface area contributed by atoms with Crippen LogP contribution in [-0.4, -0.2) is 47.2 Å². The van der Waals surface area contributed by atoms with Gasteiger partial charge in [0.2, 0.25) is 0 Å². The largest absolute Gasteiger partial charge is 0.494 e. The van der Waals surface area contributed by atoms with Gasteiger partial charge in [-0.05, 0) is 31.0 Å². The van der Waals surface area contributed by atoms with Crippen molar-refractivity contribution in [3.8, 4) is 5.75 Å². The van der Waals surface area contributed by atoms with Gasteiger partial charge in [-0.15, -0.1) is 0 Å². The van der Waals surface area contributed by atoms with E-state index in [4.69, 9.17) is 14.2 Å². The van der Waals surface area contributed by atoms with Crippen LogP contribution in [0.1, 0.15) is 38.3 Å². The van der Waals surface area contributed by atoms with Crippen molar-refractivity contribution in [1.29, 1.82) is 0 Å². The van der Waals surface area contributed by atoms with Crippen LogP contribution >= 0.6 is 0 Å². The predicted octanol–water partition coefficient (Wildman–Crippen LogP) is 2.82. The summed E-state index contributed by atoms with van der Waals surface area (Å²) in [5.74, 6) is 0.882. The number of nitrogens with zero attached hydrogens (tertiary/aromatic N) is 3. The zero-order valence-electron chi connectivity index (χ0n) is 16.0. The van der Waals surface area contributed by atoms with E-state index >= 15 is 0 Å². The molecule has 7 heteroatoms. The van der Waals surface area contributed by atoms with Crippen LogP contribution in [0.15, 0.2) is 36.9 Å². The van der Waals surface area contributed by atoms with Gasteiger partial charge >= 0.3 is 0 Å². The van der Waals surface area contributed by atoms with Crippen molar-refractivity contribution in [2.24, 2.45) is 5.41 Å². The number of ketones is 1. The molecule has 146 valence electrons. The number of aromatic nitrogens is 3. The molecule has 1 fully saturated rings. The van der Waals surface area contributed by atoms with E-state index in [-0.39, 0.29) is 12.6 Å². The molecule has 0 N–H and O–H groups in total. The molecule has 7 nitrogen and oxygen atoms in total. The van der Waals surface area contributed by atoms with Crippen LogP contribution in [0.2, 0.25) is 0 Å². The first-order valence-corrected chi connectivity index (χ1v) is 9.38. The molecular weight excluding hydrogens is 346 g/mol. The summed E-state index contributed by atoms with van der Waals surface area (Å²) in [6.45, 7) is 5.66. The fraction of sp³-hybridized carbons (Fsp3) is 0.550. The van der Waals surface area contributed by atoms with Crippen LogP contribution in [0.25, 0.3) is 0 Å². The van der Waals surface area contributed by atoms with E-state index in [1.54, 1.807) is 11.0 Å². The standard InChI is InChI=1S/C20H27N3O4/c1-3-4-9-27-17-7-5-16(6-8-17)10-18(23-14-21-13-22-23)19(24)20(2)11-25-15-26-12-20/h5-8,13-14,18H,3-4,9-12,15H2,1-2H3. The average molecular weight is 373 g/mol. The van der Waals surface area contributed by atoms with Gasteiger partial charge in [-0.25, -0.2) is 9.67 Å². The van der Waals surface area contributed by atoms with Gasteiger partial charge in [0.25, 0.3) is 0 Å². The molecule has 0 saturated carbocycles. The molecule has 0 radical (unpaired) electrons. The summed E-state index contributed by atoms with van der Waals surface area (Å²) in [5.41, 5.74) is 0.339. The normalized spacial score (nSPS) is 17.4.